The largest absolute Gasteiger partial charge is 0.444 e. The lowest BCUT2D eigenvalue weighted by Crippen LogP contribution is -2.35. The molecule has 112 valence electrons. The van der Waals surface area contributed by atoms with Crippen molar-refractivity contribution in [3.63, 3.8) is 0 Å². The minimum Gasteiger partial charge on any atom is -0.444 e. The molecule has 6 nitrogen and oxygen atoms in total. The maximum atomic E-state index is 11.3. The van der Waals surface area contributed by atoms with Crippen molar-refractivity contribution in [2.75, 3.05) is 19.7 Å². The highest BCUT2D eigenvalue weighted by molar-refractivity contribution is 5.77. The molecule has 0 fully saturated rings. The molecular formula is C13H26N2O4. The van der Waals surface area contributed by atoms with Crippen LogP contribution in [0.5, 0.6) is 0 Å². The fraction of sp³-hybridized carbons (Fsp3) is 0.846. The fourth-order valence-corrected chi connectivity index (χ4v) is 1.11. The Hall–Kier alpha value is -1.30. The summed E-state index contributed by atoms with van der Waals surface area (Å²) in [5.41, 5.74) is -0.494. The van der Waals surface area contributed by atoms with Gasteiger partial charge in [-0.3, -0.25) is 4.79 Å². The van der Waals surface area contributed by atoms with Crippen LogP contribution >= 0.6 is 0 Å². The molecule has 0 unspecified atom stereocenters. The lowest BCUT2D eigenvalue weighted by atomic mass is 10.2. The van der Waals surface area contributed by atoms with E-state index in [1.165, 1.54) is 0 Å². The second kappa shape index (κ2) is 8.74. The van der Waals surface area contributed by atoms with Crippen molar-refractivity contribution in [2.45, 2.75) is 52.7 Å². The maximum Gasteiger partial charge on any atom is 0.407 e. The molecule has 0 aliphatic rings. The second-order valence-electron chi connectivity index (χ2n) is 5.49. The molecule has 0 heterocycles. The number of amides is 2. The van der Waals surface area contributed by atoms with E-state index in [-0.39, 0.29) is 18.6 Å². The highest BCUT2D eigenvalue weighted by atomic mass is 16.6. The number of nitrogens with one attached hydrogen (secondary N) is 2. The van der Waals surface area contributed by atoms with Crippen molar-refractivity contribution >= 4 is 12.0 Å². The van der Waals surface area contributed by atoms with Crippen LogP contribution in [0, 0.1) is 0 Å². The lowest BCUT2D eigenvalue weighted by molar-refractivity contribution is -0.127. The summed E-state index contributed by atoms with van der Waals surface area (Å²) in [6.45, 7) is 10.2. The molecule has 0 aromatic heterocycles. The van der Waals surface area contributed by atoms with Gasteiger partial charge >= 0.3 is 6.09 Å². The zero-order valence-corrected chi connectivity index (χ0v) is 12.5. The zero-order chi connectivity index (χ0) is 14.9. The number of carbonyl (C=O) groups is 2. The van der Waals surface area contributed by atoms with Gasteiger partial charge in [-0.2, -0.15) is 0 Å². The van der Waals surface area contributed by atoms with Crippen LogP contribution in [0.2, 0.25) is 0 Å². The van der Waals surface area contributed by atoms with E-state index in [1.807, 2.05) is 34.6 Å². The molecule has 0 bridgehead atoms. The van der Waals surface area contributed by atoms with E-state index in [9.17, 15) is 9.59 Å². The lowest BCUT2D eigenvalue weighted by Gasteiger charge is -2.19. The normalized spacial score (nSPS) is 11.3. The van der Waals surface area contributed by atoms with Crippen LogP contribution in [0.4, 0.5) is 4.79 Å². The van der Waals surface area contributed by atoms with E-state index in [2.05, 4.69) is 10.6 Å². The van der Waals surface area contributed by atoms with E-state index in [0.29, 0.717) is 19.5 Å². The van der Waals surface area contributed by atoms with E-state index >= 15 is 0 Å². The Labute approximate surface area is 115 Å². The second-order valence-corrected chi connectivity index (χ2v) is 5.49. The smallest absolute Gasteiger partial charge is 0.407 e. The standard InChI is InChI=1S/C13H26N2O4/c1-10(2)18-9-11(16)14-7-6-8-15-12(17)19-13(3,4)5/h10H,6-9H2,1-5H3,(H,14,16)(H,15,17). The van der Waals surface area contributed by atoms with Crippen LogP contribution in [0.25, 0.3) is 0 Å². The van der Waals surface area contributed by atoms with Crippen molar-refractivity contribution in [3.05, 3.63) is 0 Å². The van der Waals surface area contributed by atoms with Gasteiger partial charge in [-0.15, -0.1) is 0 Å². The average Bonchev–Trinajstić information content (AvgIpc) is 2.23. The molecule has 0 atom stereocenters. The summed E-state index contributed by atoms with van der Waals surface area (Å²) in [5.74, 6) is -0.147. The average molecular weight is 274 g/mol. The molecule has 6 heteroatoms. The molecule has 2 N–H and O–H groups in total. The Kier molecular flexibility index (Phi) is 8.14. The highest BCUT2D eigenvalue weighted by Crippen LogP contribution is 2.06. The Bertz CT molecular complexity index is 285. The number of rotatable bonds is 7. The van der Waals surface area contributed by atoms with Crippen LogP contribution in [0.3, 0.4) is 0 Å². The van der Waals surface area contributed by atoms with Gasteiger partial charge < -0.3 is 20.1 Å². The first-order valence-electron chi connectivity index (χ1n) is 6.56. The monoisotopic (exact) mass is 274 g/mol. The first kappa shape index (κ1) is 17.7. The number of carbonyl (C=O) groups excluding carboxylic acids is 2. The molecule has 2 amide bonds. The first-order valence-corrected chi connectivity index (χ1v) is 6.56. The maximum absolute atomic E-state index is 11.3. The summed E-state index contributed by atoms with van der Waals surface area (Å²) in [7, 11) is 0. The molecule has 0 aromatic carbocycles. The van der Waals surface area contributed by atoms with E-state index in [0.717, 1.165) is 0 Å². The van der Waals surface area contributed by atoms with Gasteiger partial charge in [-0.1, -0.05) is 0 Å². The van der Waals surface area contributed by atoms with E-state index < -0.39 is 11.7 Å². The van der Waals surface area contributed by atoms with Crippen LogP contribution < -0.4 is 10.6 Å². The molecule has 0 rings (SSSR count). The van der Waals surface area contributed by atoms with Crippen LogP contribution in [0.15, 0.2) is 0 Å². The third-order valence-electron chi connectivity index (χ3n) is 1.89. The third-order valence-corrected chi connectivity index (χ3v) is 1.89. The van der Waals surface area contributed by atoms with Crippen LogP contribution in [0.1, 0.15) is 41.0 Å². The number of hydrogen-bond donors (Lipinski definition) is 2. The van der Waals surface area contributed by atoms with Gasteiger partial charge in [0.15, 0.2) is 0 Å². The quantitative estimate of drug-likeness (QED) is 0.689. The van der Waals surface area contributed by atoms with E-state index in [1.54, 1.807) is 0 Å². The molecule has 0 radical (unpaired) electrons. The van der Waals surface area contributed by atoms with Crippen molar-refractivity contribution in [1.82, 2.24) is 10.6 Å². The van der Waals surface area contributed by atoms with Gasteiger partial charge in [-0.25, -0.2) is 4.79 Å². The van der Waals surface area contributed by atoms with Crippen LogP contribution in [-0.4, -0.2) is 43.4 Å². The molecule has 0 saturated carbocycles. The topological polar surface area (TPSA) is 76.7 Å². The third kappa shape index (κ3) is 12.9. The Morgan fingerprint density at radius 2 is 1.68 bits per heavy atom. The number of ether oxygens (including phenoxy) is 2. The van der Waals surface area contributed by atoms with Gasteiger partial charge in [0.05, 0.1) is 6.10 Å². The summed E-state index contributed by atoms with van der Waals surface area (Å²) in [5, 5.41) is 5.32. The Morgan fingerprint density at radius 3 is 2.21 bits per heavy atom. The van der Waals surface area contributed by atoms with E-state index in [4.69, 9.17) is 9.47 Å². The van der Waals surface area contributed by atoms with Crippen molar-refractivity contribution in [2.24, 2.45) is 0 Å². The molecule has 19 heavy (non-hydrogen) atoms. The predicted molar refractivity (Wildman–Crippen MR) is 73.0 cm³/mol. The zero-order valence-electron chi connectivity index (χ0n) is 12.5. The van der Waals surface area contributed by atoms with Gasteiger partial charge in [-0.05, 0) is 41.0 Å². The van der Waals surface area contributed by atoms with Gasteiger partial charge in [0.2, 0.25) is 5.91 Å². The van der Waals surface area contributed by atoms with Gasteiger partial charge in [0, 0.05) is 13.1 Å². The predicted octanol–water partition coefficient (Wildman–Crippen LogP) is 1.44. The van der Waals surface area contributed by atoms with Crippen molar-refractivity contribution in [3.8, 4) is 0 Å². The van der Waals surface area contributed by atoms with Crippen molar-refractivity contribution in [1.29, 1.82) is 0 Å². The minimum absolute atomic E-state index is 0.0413. The van der Waals surface area contributed by atoms with Gasteiger partial charge in [0.1, 0.15) is 12.2 Å². The summed E-state index contributed by atoms with van der Waals surface area (Å²) in [4.78, 5) is 22.6. The molecule has 0 aromatic rings. The van der Waals surface area contributed by atoms with Crippen LogP contribution in [-0.2, 0) is 14.3 Å². The Morgan fingerprint density at radius 1 is 1.11 bits per heavy atom. The minimum atomic E-state index is -0.494. The molecule has 0 spiro atoms. The summed E-state index contributed by atoms with van der Waals surface area (Å²) >= 11 is 0. The molecular weight excluding hydrogens is 248 g/mol. The fourth-order valence-electron chi connectivity index (χ4n) is 1.11. The number of hydrogen-bond acceptors (Lipinski definition) is 4. The summed E-state index contributed by atoms with van der Waals surface area (Å²) in [6.07, 6.45) is 0.244. The van der Waals surface area contributed by atoms with Crippen molar-refractivity contribution < 1.29 is 19.1 Å². The SMILES string of the molecule is CC(C)OCC(=O)NCCCNC(=O)OC(C)(C)C. The summed E-state index contributed by atoms with van der Waals surface area (Å²) < 4.78 is 10.2. The molecule has 0 saturated heterocycles. The highest BCUT2D eigenvalue weighted by Gasteiger charge is 2.15. The molecule has 0 aliphatic carbocycles. The number of alkyl carbamates (subject to hydrolysis) is 1. The van der Waals surface area contributed by atoms with Gasteiger partial charge in [0.25, 0.3) is 0 Å². The first-order chi connectivity index (χ1) is 8.70. The summed E-state index contributed by atoms with van der Waals surface area (Å²) in [6, 6.07) is 0. The molecule has 0 aliphatic heterocycles. The Balaban J connectivity index is 3.50.